The molecule has 0 unspecified atom stereocenters. The van der Waals surface area contributed by atoms with Gasteiger partial charge in [0.2, 0.25) is 0 Å². The Bertz CT molecular complexity index is 839. The molecule has 0 radical (unpaired) electrons. The van der Waals surface area contributed by atoms with Crippen LogP contribution in [0, 0.1) is 0 Å². The van der Waals surface area contributed by atoms with Gasteiger partial charge < -0.3 is 19.7 Å². The molecule has 5 rings (SSSR count). The summed E-state index contributed by atoms with van der Waals surface area (Å²) in [6, 6.07) is 6.17. The zero-order valence-corrected chi connectivity index (χ0v) is 16.7. The second-order valence-corrected chi connectivity index (χ2v) is 8.04. The van der Waals surface area contributed by atoms with Crippen molar-refractivity contribution in [1.82, 2.24) is 14.7 Å². The maximum atomic E-state index is 5.81. The summed E-state index contributed by atoms with van der Waals surface area (Å²) in [5.41, 5.74) is 3.80. The topological polar surface area (TPSA) is 51.6 Å². The number of nitrogens with zero attached hydrogens (tertiary/aromatic N) is 3. The molecule has 150 valence electrons. The molecule has 1 saturated heterocycles. The van der Waals surface area contributed by atoms with Crippen LogP contribution in [-0.4, -0.2) is 54.1 Å². The summed E-state index contributed by atoms with van der Waals surface area (Å²) < 4.78 is 13.6. The maximum absolute atomic E-state index is 5.81. The number of nitrogens with one attached hydrogen (secondary N) is 1. The Kier molecular flexibility index (Phi) is 4.89. The van der Waals surface area contributed by atoms with Crippen LogP contribution in [0.15, 0.2) is 18.2 Å². The average molecular weight is 383 g/mol. The predicted octanol–water partition coefficient (Wildman–Crippen LogP) is 3.59. The quantitative estimate of drug-likeness (QED) is 0.879. The third-order valence-corrected chi connectivity index (χ3v) is 6.35. The van der Waals surface area contributed by atoms with Crippen molar-refractivity contribution >= 4 is 5.82 Å². The Morgan fingerprint density at radius 2 is 1.93 bits per heavy atom. The normalized spacial score (nSPS) is 20.3. The lowest BCUT2D eigenvalue weighted by Gasteiger charge is -2.30. The van der Waals surface area contributed by atoms with Crippen molar-refractivity contribution in [2.24, 2.45) is 0 Å². The number of fused-ring (bicyclic) bond motifs is 2. The number of hydrogen-bond donors (Lipinski definition) is 1. The fourth-order valence-corrected chi connectivity index (χ4v) is 4.73. The lowest BCUT2D eigenvalue weighted by molar-refractivity contribution is 0.171. The van der Waals surface area contributed by atoms with Crippen LogP contribution in [0.3, 0.4) is 0 Å². The summed E-state index contributed by atoms with van der Waals surface area (Å²) in [4.78, 5) is 2.55. The molecule has 1 aromatic carbocycles. The van der Waals surface area contributed by atoms with Gasteiger partial charge in [-0.15, -0.1) is 0 Å². The molecular weight excluding hydrogens is 352 g/mol. The van der Waals surface area contributed by atoms with E-state index in [0.717, 1.165) is 36.7 Å². The van der Waals surface area contributed by atoms with Gasteiger partial charge in [-0.1, -0.05) is 6.92 Å². The van der Waals surface area contributed by atoms with E-state index in [0.29, 0.717) is 19.1 Å². The van der Waals surface area contributed by atoms with E-state index in [4.69, 9.17) is 14.6 Å². The Morgan fingerprint density at radius 1 is 1.11 bits per heavy atom. The molecule has 1 aromatic heterocycles. The molecule has 6 heteroatoms. The summed E-state index contributed by atoms with van der Waals surface area (Å²) in [6.07, 6.45) is 5.98. The van der Waals surface area contributed by atoms with Crippen LogP contribution in [0.1, 0.15) is 49.8 Å². The number of anilines is 1. The van der Waals surface area contributed by atoms with Crippen molar-refractivity contribution in [1.29, 1.82) is 0 Å². The highest BCUT2D eigenvalue weighted by molar-refractivity contribution is 5.58. The standard InChI is InChI=1S/C22H30N4O2/c1-2-25-11-8-16(9-12-25)21-18-5-3-4-10-23-22(18)26(24-21)17-6-7-19-20(15-17)28-14-13-27-19/h6-7,15-16,23H,2-5,8-14H2,1H3. The minimum Gasteiger partial charge on any atom is -0.486 e. The van der Waals surface area contributed by atoms with Crippen molar-refractivity contribution < 1.29 is 9.47 Å². The zero-order chi connectivity index (χ0) is 18.9. The number of likely N-dealkylation sites (tertiary alicyclic amines) is 1. The summed E-state index contributed by atoms with van der Waals surface area (Å²) >= 11 is 0. The average Bonchev–Trinajstić information content (AvgIpc) is 2.94. The van der Waals surface area contributed by atoms with Gasteiger partial charge in [0.25, 0.3) is 0 Å². The molecule has 0 spiro atoms. The Labute approximate surface area is 166 Å². The number of rotatable bonds is 3. The van der Waals surface area contributed by atoms with Gasteiger partial charge in [-0.25, -0.2) is 4.68 Å². The molecule has 28 heavy (non-hydrogen) atoms. The maximum Gasteiger partial charge on any atom is 0.163 e. The minimum absolute atomic E-state index is 0.565. The molecule has 3 aliphatic heterocycles. The second kappa shape index (κ2) is 7.66. The number of benzene rings is 1. The Morgan fingerprint density at radius 3 is 2.75 bits per heavy atom. The van der Waals surface area contributed by atoms with Gasteiger partial charge in [0, 0.05) is 24.1 Å². The van der Waals surface area contributed by atoms with Gasteiger partial charge in [0.1, 0.15) is 19.0 Å². The molecule has 1 N–H and O–H groups in total. The highest BCUT2D eigenvalue weighted by Crippen LogP contribution is 2.38. The van der Waals surface area contributed by atoms with E-state index in [-0.39, 0.29) is 0 Å². The van der Waals surface area contributed by atoms with Gasteiger partial charge in [-0.2, -0.15) is 5.10 Å². The van der Waals surface area contributed by atoms with Crippen molar-refractivity contribution in [2.45, 2.75) is 44.9 Å². The lowest BCUT2D eigenvalue weighted by atomic mass is 9.90. The van der Waals surface area contributed by atoms with Crippen molar-refractivity contribution in [3.63, 3.8) is 0 Å². The molecule has 0 bridgehead atoms. The molecule has 4 heterocycles. The van der Waals surface area contributed by atoms with Crippen LogP contribution >= 0.6 is 0 Å². The highest BCUT2D eigenvalue weighted by atomic mass is 16.6. The SMILES string of the molecule is CCN1CCC(c2nn(-c3ccc4c(c3)OCCO4)c3c2CCCCN3)CC1. The van der Waals surface area contributed by atoms with Gasteiger partial charge in [0.05, 0.1) is 11.4 Å². The summed E-state index contributed by atoms with van der Waals surface area (Å²) in [5, 5.41) is 8.84. The first kappa shape index (κ1) is 17.9. The summed E-state index contributed by atoms with van der Waals surface area (Å²) in [7, 11) is 0. The monoisotopic (exact) mass is 382 g/mol. The van der Waals surface area contributed by atoms with Crippen molar-refractivity contribution in [2.75, 3.05) is 44.7 Å². The van der Waals surface area contributed by atoms with E-state index < -0.39 is 0 Å². The fraction of sp³-hybridized carbons (Fsp3) is 0.591. The van der Waals surface area contributed by atoms with Crippen molar-refractivity contribution in [3.05, 3.63) is 29.5 Å². The molecule has 0 aliphatic carbocycles. The van der Waals surface area contributed by atoms with Crippen LogP contribution in [0.25, 0.3) is 5.69 Å². The second-order valence-electron chi connectivity index (χ2n) is 8.04. The van der Waals surface area contributed by atoms with E-state index in [1.165, 1.54) is 55.8 Å². The smallest absolute Gasteiger partial charge is 0.163 e. The first-order chi connectivity index (χ1) is 13.8. The van der Waals surface area contributed by atoms with Crippen LogP contribution < -0.4 is 14.8 Å². The Hall–Kier alpha value is -2.21. The van der Waals surface area contributed by atoms with Crippen LogP contribution in [0.5, 0.6) is 11.5 Å². The van der Waals surface area contributed by atoms with E-state index in [1.54, 1.807) is 0 Å². The molecule has 0 saturated carbocycles. The fourth-order valence-electron chi connectivity index (χ4n) is 4.73. The van der Waals surface area contributed by atoms with Crippen LogP contribution in [0.2, 0.25) is 0 Å². The summed E-state index contributed by atoms with van der Waals surface area (Å²) in [5.74, 6) is 3.39. The number of hydrogen-bond acceptors (Lipinski definition) is 5. The van der Waals surface area contributed by atoms with Gasteiger partial charge in [0.15, 0.2) is 11.5 Å². The number of piperidine rings is 1. The lowest BCUT2D eigenvalue weighted by Crippen LogP contribution is -2.33. The minimum atomic E-state index is 0.565. The number of aromatic nitrogens is 2. The third kappa shape index (κ3) is 3.24. The summed E-state index contributed by atoms with van der Waals surface area (Å²) in [6.45, 7) is 8.00. The van der Waals surface area contributed by atoms with E-state index >= 15 is 0 Å². The molecule has 6 nitrogen and oxygen atoms in total. The highest BCUT2D eigenvalue weighted by Gasteiger charge is 2.29. The first-order valence-electron chi connectivity index (χ1n) is 10.8. The zero-order valence-electron chi connectivity index (χ0n) is 16.7. The Balaban J connectivity index is 1.52. The molecule has 0 atom stereocenters. The van der Waals surface area contributed by atoms with Crippen molar-refractivity contribution in [3.8, 4) is 17.2 Å². The third-order valence-electron chi connectivity index (χ3n) is 6.35. The van der Waals surface area contributed by atoms with E-state index in [1.807, 2.05) is 6.07 Å². The van der Waals surface area contributed by atoms with E-state index in [9.17, 15) is 0 Å². The number of ether oxygens (including phenoxy) is 2. The molecule has 0 amide bonds. The first-order valence-corrected chi connectivity index (χ1v) is 10.8. The van der Waals surface area contributed by atoms with Gasteiger partial charge >= 0.3 is 0 Å². The largest absolute Gasteiger partial charge is 0.486 e. The molecule has 1 fully saturated rings. The van der Waals surface area contributed by atoms with Gasteiger partial charge in [-0.3, -0.25) is 0 Å². The van der Waals surface area contributed by atoms with Crippen LogP contribution in [-0.2, 0) is 6.42 Å². The van der Waals surface area contributed by atoms with Crippen LogP contribution in [0.4, 0.5) is 5.82 Å². The predicted molar refractivity (Wildman–Crippen MR) is 110 cm³/mol. The molecular formula is C22H30N4O2. The van der Waals surface area contributed by atoms with Gasteiger partial charge in [-0.05, 0) is 63.9 Å². The molecule has 2 aromatic rings. The van der Waals surface area contributed by atoms with E-state index in [2.05, 4.69) is 34.0 Å². The molecule has 3 aliphatic rings.